The summed E-state index contributed by atoms with van der Waals surface area (Å²) in [5.41, 5.74) is 4.49. The number of anilines is 1. The van der Waals surface area contributed by atoms with Crippen molar-refractivity contribution in [2.45, 2.75) is 19.3 Å². The van der Waals surface area contributed by atoms with Crippen molar-refractivity contribution in [3.8, 4) is 0 Å². The second kappa shape index (κ2) is 7.75. The zero-order valence-electron chi connectivity index (χ0n) is 12.5. The summed E-state index contributed by atoms with van der Waals surface area (Å²) in [4.78, 5) is 13.0. The maximum Gasteiger partial charge on any atom is 0.303 e. The minimum Gasteiger partial charge on any atom is -0.481 e. The van der Waals surface area contributed by atoms with Crippen LogP contribution in [0.15, 0.2) is 59.7 Å². The Labute approximate surface area is 134 Å². The van der Waals surface area contributed by atoms with Gasteiger partial charge in [0.2, 0.25) is 0 Å². The van der Waals surface area contributed by atoms with E-state index in [0.29, 0.717) is 6.42 Å². The summed E-state index contributed by atoms with van der Waals surface area (Å²) in [6.45, 7) is 9.42. The minimum atomic E-state index is -0.787. The molecule has 1 aromatic heterocycles. The van der Waals surface area contributed by atoms with Gasteiger partial charge in [-0.2, -0.15) is 4.37 Å². The summed E-state index contributed by atoms with van der Waals surface area (Å²) in [6.07, 6.45) is 9.11. The van der Waals surface area contributed by atoms with Crippen LogP contribution < -0.4 is 4.90 Å². The quantitative estimate of drug-likeness (QED) is 0.777. The van der Waals surface area contributed by atoms with Gasteiger partial charge in [-0.15, -0.1) is 0 Å². The molecule has 2 heterocycles. The lowest BCUT2D eigenvalue weighted by molar-refractivity contribution is -0.136. The highest BCUT2D eigenvalue weighted by atomic mass is 32.1. The van der Waals surface area contributed by atoms with Crippen LogP contribution in [0.5, 0.6) is 0 Å². The van der Waals surface area contributed by atoms with Crippen LogP contribution in [-0.2, 0) is 4.79 Å². The van der Waals surface area contributed by atoms with Crippen molar-refractivity contribution in [3.63, 3.8) is 0 Å². The first-order valence-corrected chi connectivity index (χ1v) is 8.01. The molecule has 0 aromatic carbocycles. The Morgan fingerprint density at radius 1 is 1.41 bits per heavy atom. The van der Waals surface area contributed by atoms with Crippen molar-refractivity contribution < 1.29 is 9.90 Å². The number of hydrogen-bond donors (Lipinski definition) is 1. The van der Waals surface area contributed by atoms with Crippen molar-refractivity contribution in [2.75, 3.05) is 18.0 Å². The number of rotatable bonds is 7. The molecule has 2 rings (SSSR count). The van der Waals surface area contributed by atoms with E-state index in [1.54, 1.807) is 6.08 Å². The maximum absolute atomic E-state index is 10.7. The molecule has 116 valence electrons. The Bertz CT molecular complexity index is 615. The SMILES string of the molecule is C=CC1=C(/C=C(\C=C)CCC(=O)O)CCN(c2cnsc2)C1. The third kappa shape index (κ3) is 4.18. The topological polar surface area (TPSA) is 53.4 Å². The predicted molar refractivity (Wildman–Crippen MR) is 91.3 cm³/mol. The molecule has 1 aliphatic heterocycles. The molecule has 0 radical (unpaired) electrons. The van der Waals surface area contributed by atoms with E-state index in [2.05, 4.69) is 28.5 Å². The van der Waals surface area contributed by atoms with Crippen molar-refractivity contribution in [3.05, 3.63) is 59.7 Å². The molecule has 1 aromatic rings. The molecule has 0 aliphatic carbocycles. The van der Waals surface area contributed by atoms with E-state index in [1.165, 1.54) is 22.7 Å². The fraction of sp³-hybridized carbons (Fsp3) is 0.294. The second-order valence-corrected chi connectivity index (χ2v) is 5.78. The van der Waals surface area contributed by atoms with Gasteiger partial charge < -0.3 is 10.0 Å². The van der Waals surface area contributed by atoms with Gasteiger partial charge in [-0.3, -0.25) is 4.79 Å². The molecular weight excluding hydrogens is 296 g/mol. The number of carboxylic acid groups (broad SMARTS) is 1. The summed E-state index contributed by atoms with van der Waals surface area (Å²) < 4.78 is 4.15. The third-order valence-corrected chi connectivity index (χ3v) is 4.28. The Morgan fingerprint density at radius 2 is 2.23 bits per heavy atom. The Kier molecular flexibility index (Phi) is 5.72. The molecular formula is C17H20N2O2S. The lowest BCUT2D eigenvalue weighted by Crippen LogP contribution is -2.30. The van der Waals surface area contributed by atoms with Crippen molar-refractivity contribution in [1.82, 2.24) is 4.37 Å². The highest BCUT2D eigenvalue weighted by Gasteiger charge is 2.17. The first kappa shape index (κ1) is 16.2. The van der Waals surface area contributed by atoms with Gasteiger partial charge in [0, 0.05) is 24.9 Å². The highest BCUT2D eigenvalue weighted by Crippen LogP contribution is 2.27. The molecule has 0 fully saturated rings. The van der Waals surface area contributed by atoms with Gasteiger partial charge in [0.15, 0.2) is 0 Å². The third-order valence-electron chi connectivity index (χ3n) is 3.70. The van der Waals surface area contributed by atoms with Crippen LogP contribution in [0, 0.1) is 0 Å². The van der Waals surface area contributed by atoms with Gasteiger partial charge in [-0.1, -0.05) is 31.4 Å². The Balaban J connectivity index is 2.16. The first-order valence-electron chi connectivity index (χ1n) is 7.17. The lowest BCUT2D eigenvalue weighted by Gasteiger charge is -2.30. The standard InChI is InChI=1S/C17H20N2O2S/c1-3-13(5-6-17(20)21)9-15-7-8-19(11-14(15)4-2)16-10-18-22-12-16/h3-4,9-10,12H,1-2,5-8,11H2,(H,20,21)/b13-9+. The zero-order chi connectivity index (χ0) is 15.9. The van der Waals surface area contributed by atoms with Gasteiger partial charge in [0.1, 0.15) is 0 Å². The molecule has 5 heteroatoms. The van der Waals surface area contributed by atoms with Crippen LogP contribution >= 0.6 is 11.5 Å². The van der Waals surface area contributed by atoms with Crippen LogP contribution in [0.2, 0.25) is 0 Å². The molecule has 0 saturated heterocycles. The molecule has 1 N–H and O–H groups in total. The molecule has 4 nitrogen and oxygen atoms in total. The van der Waals surface area contributed by atoms with E-state index in [9.17, 15) is 4.79 Å². The summed E-state index contributed by atoms with van der Waals surface area (Å²) in [7, 11) is 0. The van der Waals surface area contributed by atoms with Gasteiger partial charge in [0.05, 0.1) is 11.9 Å². The Morgan fingerprint density at radius 3 is 2.82 bits per heavy atom. The maximum atomic E-state index is 10.7. The van der Waals surface area contributed by atoms with E-state index in [0.717, 1.165) is 30.8 Å². The molecule has 0 atom stereocenters. The summed E-state index contributed by atoms with van der Waals surface area (Å²) in [5.74, 6) is -0.787. The van der Waals surface area contributed by atoms with Gasteiger partial charge in [-0.25, -0.2) is 0 Å². The largest absolute Gasteiger partial charge is 0.481 e. The van der Waals surface area contributed by atoms with Gasteiger partial charge >= 0.3 is 5.97 Å². The number of aromatic nitrogens is 1. The van der Waals surface area contributed by atoms with Gasteiger partial charge in [0.25, 0.3) is 0 Å². The van der Waals surface area contributed by atoms with Crippen LogP contribution in [-0.4, -0.2) is 28.5 Å². The molecule has 0 amide bonds. The van der Waals surface area contributed by atoms with E-state index in [1.807, 2.05) is 17.7 Å². The number of nitrogens with zero attached hydrogens (tertiary/aromatic N) is 2. The molecule has 0 saturated carbocycles. The van der Waals surface area contributed by atoms with E-state index in [4.69, 9.17) is 5.11 Å². The van der Waals surface area contributed by atoms with Crippen LogP contribution in [0.3, 0.4) is 0 Å². The molecule has 0 spiro atoms. The van der Waals surface area contributed by atoms with E-state index in [-0.39, 0.29) is 6.42 Å². The number of aliphatic carboxylic acids is 1. The summed E-state index contributed by atoms with van der Waals surface area (Å²) >= 11 is 1.45. The highest BCUT2D eigenvalue weighted by molar-refractivity contribution is 7.04. The average Bonchev–Trinajstić information content (AvgIpc) is 3.05. The van der Waals surface area contributed by atoms with Crippen molar-refractivity contribution in [2.24, 2.45) is 0 Å². The summed E-state index contributed by atoms with van der Waals surface area (Å²) in [5, 5.41) is 10.8. The van der Waals surface area contributed by atoms with Crippen molar-refractivity contribution >= 4 is 23.2 Å². The number of carbonyl (C=O) groups is 1. The fourth-order valence-corrected chi connectivity index (χ4v) is 2.99. The van der Waals surface area contributed by atoms with Gasteiger partial charge in [-0.05, 0) is 41.1 Å². The lowest BCUT2D eigenvalue weighted by atomic mass is 9.96. The van der Waals surface area contributed by atoms with Crippen LogP contribution in [0.4, 0.5) is 5.69 Å². The normalized spacial score (nSPS) is 15.8. The van der Waals surface area contributed by atoms with E-state index < -0.39 is 5.97 Å². The molecule has 0 bridgehead atoms. The number of carboxylic acids is 1. The zero-order valence-corrected chi connectivity index (χ0v) is 13.3. The average molecular weight is 316 g/mol. The minimum absolute atomic E-state index is 0.126. The Hall–Kier alpha value is -2.14. The second-order valence-electron chi connectivity index (χ2n) is 5.13. The molecule has 1 aliphatic rings. The predicted octanol–water partition coefficient (Wildman–Crippen LogP) is 3.81. The van der Waals surface area contributed by atoms with Crippen molar-refractivity contribution in [1.29, 1.82) is 0 Å². The summed E-state index contributed by atoms with van der Waals surface area (Å²) in [6, 6.07) is 0. The van der Waals surface area contributed by atoms with E-state index >= 15 is 0 Å². The smallest absolute Gasteiger partial charge is 0.303 e. The first-order chi connectivity index (χ1) is 10.6. The monoisotopic (exact) mass is 316 g/mol. The fourth-order valence-electron chi connectivity index (χ4n) is 2.45. The molecule has 0 unspecified atom stereocenters. The molecule has 22 heavy (non-hydrogen) atoms. The number of allylic oxidation sites excluding steroid dienone is 3. The van der Waals surface area contributed by atoms with Crippen LogP contribution in [0.25, 0.3) is 0 Å². The number of hydrogen-bond acceptors (Lipinski definition) is 4. The van der Waals surface area contributed by atoms with Crippen LogP contribution in [0.1, 0.15) is 19.3 Å².